The van der Waals surface area contributed by atoms with E-state index in [2.05, 4.69) is 26.0 Å². The molecule has 0 bridgehead atoms. The molecule has 3 nitrogen and oxygen atoms in total. The molecule has 4 heteroatoms. The van der Waals surface area contributed by atoms with Crippen molar-refractivity contribution in [1.29, 1.82) is 0 Å². The number of unbranched alkanes of at least 4 members (excludes halogenated alkanes) is 28. The summed E-state index contributed by atoms with van der Waals surface area (Å²) in [5.74, 6) is 0. The highest BCUT2D eigenvalue weighted by molar-refractivity contribution is 7.85. The van der Waals surface area contributed by atoms with Crippen molar-refractivity contribution in [2.45, 2.75) is 224 Å². The van der Waals surface area contributed by atoms with E-state index < -0.39 is 10.1 Å². The average Bonchev–Trinajstić information content (AvgIpc) is 3.08. The summed E-state index contributed by atoms with van der Waals surface area (Å²) < 4.78 is 33.2. The molecule has 48 heavy (non-hydrogen) atoms. The van der Waals surface area contributed by atoms with E-state index in [9.17, 15) is 13.0 Å². The summed E-state index contributed by atoms with van der Waals surface area (Å²) in [5.41, 5.74) is 2.83. The first kappa shape index (κ1) is 42.8. The van der Waals surface area contributed by atoms with Crippen molar-refractivity contribution in [3.05, 3.63) is 41.5 Å². The Bertz CT molecular complexity index is 1160. The molecule has 2 aromatic carbocycles. The molecular weight excluding hydrogens is 609 g/mol. The van der Waals surface area contributed by atoms with Crippen LogP contribution in [-0.4, -0.2) is 13.0 Å². The summed E-state index contributed by atoms with van der Waals surface area (Å²) in [4.78, 5) is -0.0110. The second-order valence-corrected chi connectivity index (χ2v) is 16.4. The zero-order valence-electron chi connectivity index (χ0n) is 31.7. The fourth-order valence-electron chi connectivity index (χ4n) is 7.47. The minimum Gasteiger partial charge on any atom is -0.282 e. The molecule has 0 spiro atoms. The van der Waals surface area contributed by atoms with Crippen molar-refractivity contribution in [2.24, 2.45) is 0 Å². The van der Waals surface area contributed by atoms with Crippen molar-refractivity contribution in [3.8, 4) is 0 Å². The van der Waals surface area contributed by atoms with Gasteiger partial charge in [-0.15, -0.1) is 0 Å². The highest BCUT2D eigenvalue weighted by Gasteiger charge is 2.13. The van der Waals surface area contributed by atoms with Gasteiger partial charge in [-0.25, -0.2) is 0 Å². The van der Waals surface area contributed by atoms with Crippen LogP contribution >= 0.6 is 0 Å². The summed E-state index contributed by atoms with van der Waals surface area (Å²) in [7, 11) is -4.20. The third-order valence-electron chi connectivity index (χ3n) is 10.6. The van der Waals surface area contributed by atoms with Gasteiger partial charge in [0.05, 0.1) is 4.90 Å². The predicted octanol–water partition coefficient (Wildman–Crippen LogP) is 14.9. The van der Waals surface area contributed by atoms with Gasteiger partial charge < -0.3 is 0 Å². The van der Waals surface area contributed by atoms with Gasteiger partial charge in [0, 0.05) is 0 Å². The van der Waals surface area contributed by atoms with E-state index >= 15 is 0 Å². The molecule has 0 radical (unpaired) electrons. The van der Waals surface area contributed by atoms with E-state index in [1.807, 2.05) is 6.07 Å². The topological polar surface area (TPSA) is 54.4 Å². The standard InChI is InChI=1S/C44H76O3S/c1-3-5-7-9-11-13-15-17-19-21-23-25-27-29-31-33-40-35-36-41-39-42(48(45,46)47)37-38-44(41)43(40)34-32-30-28-26-24-22-20-18-16-14-12-10-8-6-4-2/h35-39H,3-34H2,1-2H3,(H,45,46,47). The zero-order chi connectivity index (χ0) is 34.5. The van der Waals surface area contributed by atoms with E-state index in [0.29, 0.717) is 0 Å². The normalized spacial score (nSPS) is 12.0. The van der Waals surface area contributed by atoms with Crippen molar-refractivity contribution < 1.29 is 13.0 Å². The molecule has 2 rings (SSSR count). The van der Waals surface area contributed by atoms with Crippen molar-refractivity contribution >= 4 is 20.9 Å². The lowest BCUT2D eigenvalue weighted by Gasteiger charge is -2.14. The number of hydrogen-bond donors (Lipinski definition) is 1. The van der Waals surface area contributed by atoms with Crippen LogP contribution in [-0.2, 0) is 23.0 Å². The summed E-state index contributed by atoms with van der Waals surface area (Å²) >= 11 is 0. The van der Waals surface area contributed by atoms with E-state index in [0.717, 1.165) is 23.6 Å². The molecule has 276 valence electrons. The first-order valence-corrected chi connectivity index (χ1v) is 22.4. The predicted molar refractivity (Wildman–Crippen MR) is 211 cm³/mol. The van der Waals surface area contributed by atoms with Gasteiger partial charge in [-0.1, -0.05) is 212 Å². The van der Waals surface area contributed by atoms with Crippen LogP contribution in [0.15, 0.2) is 35.2 Å². The molecule has 0 aliphatic heterocycles. The number of fused-ring (bicyclic) bond motifs is 1. The summed E-state index contributed by atoms with van der Waals surface area (Å²) in [6, 6.07) is 9.42. The lowest BCUT2D eigenvalue weighted by molar-refractivity contribution is 0.483. The van der Waals surface area contributed by atoms with Crippen molar-refractivity contribution in [1.82, 2.24) is 0 Å². The van der Waals surface area contributed by atoms with Gasteiger partial charge in [-0.2, -0.15) is 8.42 Å². The van der Waals surface area contributed by atoms with Crippen molar-refractivity contribution in [3.63, 3.8) is 0 Å². The fraction of sp³-hybridized carbons (Fsp3) is 0.773. The first-order valence-electron chi connectivity index (χ1n) is 21.0. The van der Waals surface area contributed by atoms with Gasteiger partial charge in [0.25, 0.3) is 10.1 Å². The van der Waals surface area contributed by atoms with Crippen LogP contribution in [0.4, 0.5) is 0 Å². The minimum atomic E-state index is -4.20. The highest BCUT2D eigenvalue weighted by atomic mass is 32.2. The number of benzene rings is 2. The van der Waals surface area contributed by atoms with E-state index in [4.69, 9.17) is 0 Å². The van der Waals surface area contributed by atoms with Crippen LogP contribution in [0.2, 0.25) is 0 Å². The van der Waals surface area contributed by atoms with Gasteiger partial charge in [0.15, 0.2) is 0 Å². The smallest absolute Gasteiger partial charge is 0.282 e. The van der Waals surface area contributed by atoms with Crippen molar-refractivity contribution in [2.75, 3.05) is 0 Å². The molecule has 0 fully saturated rings. The molecule has 0 saturated heterocycles. The Hall–Kier alpha value is -1.39. The average molecular weight is 685 g/mol. The largest absolute Gasteiger partial charge is 0.294 e. The summed E-state index contributed by atoms with van der Waals surface area (Å²) in [6.45, 7) is 4.58. The zero-order valence-corrected chi connectivity index (χ0v) is 32.5. The van der Waals surface area contributed by atoms with Crippen LogP contribution < -0.4 is 0 Å². The third kappa shape index (κ3) is 20.3. The van der Waals surface area contributed by atoms with Gasteiger partial charge in [0.1, 0.15) is 0 Å². The molecule has 1 N–H and O–H groups in total. The van der Waals surface area contributed by atoms with E-state index in [-0.39, 0.29) is 4.90 Å². The lowest BCUT2D eigenvalue weighted by atomic mass is 9.91. The Balaban J connectivity index is 1.67. The number of hydrogen-bond acceptors (Lipinski definition) is 2. The highest BCUT2D eigenvalue weighted by Crippen LogP contribution is 2.29. The van der Waals surface area contributed by atoms with Gasteiger partial charge in [-0.3, -0.25) is 4.55 Å². The maximum Gasteiger partial charge on any atom is 0.294 e. The molecule has 2 aromatic rings. The molecule has 0 amide bonds. The van der Waals surface area contributed by atoms with Crippen LogP contribution in [0, 0.1) is 0 Å². The quantitative estimate of drug-likeness (QED) is 0.0601. The number of rotatable bonds is 33. The van der Waals surface area contributed by atoms with Crippen LogP contribution in [0.25, 0.3) is 10.8 Å². The molecule has 0 atom stereocenters. The van der Waals surface area contributed by atoms with Crippen LogP contribution in [0.1, 0.15) is 218 Å². The third-order valence-corrected chi connectivity index (χ3v) is 11.4. The molecule has 0 unspecified atom stereocenters. The Labute approximate surface area is 298 Å². The second-order valence-electron chi connectivity index (χ2n) is 15.0. The summed E-state index contributed by atoms with van der Waals surface area (Å²) in [5, 5.41) is 2.08. The van der Waals surface area contributed by atoms with E-state index in [1.165, 1.54) is 204 Å². The molecule has 0 aliphatic rings. The number of aryl methyl sites for hydroxylation is 2. The Morgan fingerprint density at radius 1 is 0.438 bits per heavy atom. The molecule has 0 aliphatic carbocycles. The monoisotopic (exact) mass is 685 g/mol. The molecular formula is C44H76O3S. The SMILES string of the molecule is CCCCCCCCCCCCCCCCCc1ccc2cc(S(=O)(=O)O)ccc2c1CCCCCCCCCCCCCCCCC. The summed E-state index contributed by atoms with van der Waals surface area (Å²) in [6.07, 6.45) is 43.4. The lowest BCUT2D eigenvalue weighted by Crippen LogP contribution is -2.00. The Morgan fingerprint density at radius 3 is 1.17 bits per heavy atom. The molecule has 0 saturated carbocycles. The molecule has 0 aromatic heterocycles. The van der Waals surface area contributed by atoms with Gasteiger partial charge in [0.2, 0.25) is 0 Å². The maximum atomic E-state index is 11.8. The fourth-order valence-corrected chi connectivity index (χ4v) is 7.98. The van der Waals surface area contributed by atoms with Crippen LogP contribution in [0.5, 0.6) is 0 Å². The van der Waals surface area contributed by atoms with Gasteiger partial charge in [-0.05, 0) is 59.7 Å². The maximum absolute atomic E-state index is 11.8. The molecule has 0 heterocycles. The minimum absolute atomic E-state index is 0.0110. The Kier molecular flexibility index (Phi) is 25.2. The second kappa shape index (κ2) is 28.3. The van der Waals surface area contributed by atoms with Crippen LogP contribution in [0.3, 0.4) is 0 Å². The van der Waals surface area contributed by atoms with Gasteiger partial charge >= 0.3 is 0 Å². The first-order chi connectivity index (χ1) is 23.5. The Morgan fingerprint density at radius 2 is 0.792 bits per heavy atom. The van der Waals surface area contributed by atoms with E-state index in [1.54, 1.807) is 12.1 Å².